The van der Waals surface area contributed by atoms with Crippen molar-refractivity contribution in [3.05, 3.63) is 48.6 Å². The first-order valence-corrected chi connectivity index (χ1v) is 12.0. The smallest absolute Gasteiger partial charge is 0.194 e. The van der Waals surface area contributed by atoms with Gasteiger partial charge in [-0.05, 0) is 32.0 Å². The van der Waals surface area contributed by atoms with E-state index in [1.165, 1.54) is 0 Å². The Hall–Kier alpha value is -1.27. The number of hydrogen-bond acceptors (Lipinski definition) is 4. The average molecular weight is 377 g/mol. The summed E-state index contributed by atoms with van der Waals surface area (Å²) in [5.41, 5.74) is 0.610. The lowest BCUT2D eigenvalue weighted by Crippen LogP contribution is -2.49. The minimum Gasteiger partial charge on any atom is -0.408 e. The van der Waals surface area contributed by atoms with E-state index >= 15 is 0 Å². The lowest BCUT2D eigenvalue weighted by atomic mass is 9.99. The van der Waals surface area contributed by atoms with Crippen LogP contribution in [0.25, 0.3) is 0 Å². The van der Waals surface area contributed by atoms with Gasteiger partial charge in [0.2, 0.25) is 0 Å². The summed E-state index contributed by atoms with van der Waals surface area (Å²) < 4.78 is 18.6. The summed E-state index contributed by atoms with van der Waals surface area (Å²) >= 11 is 0. The van der Waals surface area contributed by atoms with Gasteiger partial charge in [0.25, 0.3) is 0 Å². The fourth-order valence-corrected chi connectivity index (χ4v) is 4.03. The Labute approximate surface area is 158 Å². The molecule has 1 aliphatic rings. The quantitative estimate of drug-likeness (QED) is 0.400. The summed E-state index contributed by atoms with van der Waals surface area (Å²) in [7, 11) is -2.06. The first kappa shape index (κ1) is 21.0. The van der Waals surface area contributed by atoms with Crippen molar-refractivity contribution < 1.29 is 18.7 Å². The molecular weight excluding hydrogens is 344 g/mol. The maximum Gasteiger partial charge on any atom is 0.194 e. The van der Waals surface area contributed by atoms with Crippen molar-refractivity contribution >= 4 is 14.1 Å². The molecule has 0 saturated carbocycles. The van der Waals surface area contributed by atoms with E-state index in [0.717, 1.165) is 0 Å². The van der Waals surface area contributed by atoms with Crippen molar-refractivity contribution in [1.82, 2.24) is 0 Å². The van der Waals surface area contributed by atoms with E-state index in [0.29, 0.717) is 5.56 Å². The van der Waals surface area contributed by atoms with Crippen LogP contribution in [0.4, 0.5) is 0 Å². The lowest BCUT2D eigenvalue weighted by Gasteiger charge is -2.40. The number of rotatable bonds is 6. The molecule has 0 aromatic heterocycles. The normalized spacial score (nSPS) is 24.3. The van der Waals surface area contributed by atoms with Crippen molar-refractivity contribution in [2.24, 2.45) is 0 Å². The molecule has 1 aromatic carbocycles. The standard InChI is InChI=1S/C21H32O4Si/c1-9-16(25-26(7,8)20(2,3)4)18-19(24-21(5,6)23-18)17(22)15-13-11-10-12-14-15/h9-14,16,18-19H,1H2,2-8H3/t16-,18+,19+/m1/s1. The predicted molar refractivity (Wildman–Crippen MR) is 107 cm³/mol. The first-order chi connectivity index (χ1) is 11.9. The van der Waals surface area contributed by atoms with E-state index in [4.69, 9.17) is 13.9 Å². The molecule has 2 rings (SSSR count). The summed E-state index contributed by atoms with van der Waals surface area (Å²) in [5.74, 6) is -0.940. The van der Waals surface area contributed by atoms with Gasteiger partial charge in [-0.2, -0.15) is 0 Å². The zero-order valence-corrected chi connectivity index (χ0v) is 18.0. The van der Waals surface area contributed by atoms with Gasteiger partial charge >= 0.3 is 0 Å². The molecule has 0 bridgehead atoms. The Balaban J connectivity index is 2.31. The summed E-state index contributed by atoms with van der Waals surface area (Å²) in [5, 5.41) is 0.0438. The van der Waals surface area contributed by atoms with Crippen molar-refractivity contribution in [2.75, 3.05) is 0 Å². The fourth-order valence-electron chi connectivity index (χ4n) is 2.77. The molecule has 1 saturated heterocycles. The Kier molecular flexibility index (Phi) is 5.98. The zero-order valence-electron chi connectivity index (χ0n) is 17.0. The van der Waals surface area contributed by atoms with Crippen LogP contribution in [0.3, 0.4) is 0 Å². The highest BCUT2D eigenvalue weighted by Crippen LogP contribution is 2.40. The molecule has 144 valence electrons. The van der Waals surface area contributed by atoms with E-state index in [9.17, 15) is 4.79 Å². The van der Waals surface area contributed by atoms with Crippen molar-refractivity contribution in [2.45, 2.75) is 76.8 Å². The van der Waals surface area contributed by atoms with E-state index in [1.54, 1.807) is 18.2 Å². The van der Waals surface area contributed by atoms with Crippen LogP contribution in [0.2, 0.25) is 18.1 Å². The van der Waals surface area contributed by atoms with Crippen LogP contribution >= 0.6 is 0 Å². The molecule has 1 aromatic rings. The van der Waals surface area contributed by atoms with Gasteiger partial charge < -0.3 is 13.9 Å². The van der Waals surface area contributed by atoms with Gasteiger partial charge in [0.15, 0.2) is 26.0 Å². The van der Waals surface area contributed by atoms with Crippen LogP contribution in [0.1, 0.15) is 45.0 Å². The van der Waals surface area contributed by atoms with Crippen LogP contribution in [-0.4, -0.2) is 38.2 Å². The highest BCUT2D eigenvalue weighted by molar-refractivity contribution is 6.74. The van der Waals surface area contributed by atoms with Gasteiger partial charge in [0.1, 0.15) is 6.10 Å². The van der Waals surface area contributed by atoms with Gasteiger partial charge in [-0.25, -0.2) is 0 Å². The van der Waals surface area contributed by atoms with Crippen LogP contribution in [0.5, 0.6) is 0 Å². The molecule has 3 atom stereocenters. The molecule has 0 amide bonds. The largest absolute Gasteiger partial charge is 0.408 e. The minimum absolute atomic E-state index is 0.0438. The SMILES string of the molecule is C=C[C@@H](O[Si](C)(C)C(C)(C)C)[C@@H]1OC(C)(C)O[C@H]1C(=O)c1ccccc1. The molecule has 0 unspecified atom stereocenters. The molecule has 1 heterocycles. The number of benzene rings is 1. The Morgan fingerprint density at radius 1 is 1.23 bits per heavy atom. The van der Waals surface area contributed by atoms with Crippen molar-refractivity contribution in [3.8, 4) is 0 Å². The zero-order chi connectivity index (χ0) is 19.8. The Morgan fingerprint density at radius 3 is 2.31 bits per heavy atom. The highest BCUT2D eigenvalue weighted by atomic mass is 28.4. The molecule has 1 aliphatic heterocycles. The number of hydrogen-bond donors (Lipinski definition) is 0. The highest BCUT2D eigenvalue weighted by Gasteiger charge is 2.50. The number of Topliss-reactive ketones (excluding diaryl/α,β-unsaturated/α-hetero) is 1. The molecule has 1 fully saturated rings. The van der Waals surface area contributed by atoms with Gasteiger partial charge in [0.05, 0.1) is 6.10 Å². The number of carbonyl (C=O) groups is 1. The monoisotopic (exact) mass is 376 g/mol. The molecule has 0 N–H and O–H groups in total. The molecule has 4 nitrogen and oxygen atoms in total. The third-order valence-electron chi connectivity index (χ3n) is 5.24. The van der Waals surface area contributed by atoms with Crippen LogP contribution in [0.15, 0.2) is 43.0 Å². The molecule has 0 spiro atoms. The first-order valence-electron chi connectivity index (χ1n) is 9.13. The third-order valence-corrected chi connectivity index (χ3v) is 9.71. The van der Waals surface area contributed by atoms with Crippen molar-refractivity contribution in [3.63, 3.8) is 0 Å². The van der Waals surface area contributed by atoms with Crippen LogP contribution in [0, 0.1) is 0 Å². The van der Waals surface area contributed by atoms with E-state index in [-0.39, 0.29) is 10.8 Å². The maximum absolute atomic E-state index is 13.0. The lowest BCUT2D eigenvalue weighted by molar-refractivity contribution is -0.149. The molecule has 26 heavy (non-hydrogen) atoms. The predicted octanol–water partition coefficient (Wildman–Crippen LogP) is 4.97. The van der Waals surface area contributed by atoms with Gasteiger partial charge in [-0.3, -0.25) is 4.79 Å². The minimum atomic E-state index is -2.06. The van der Waals surface area contributed by atoms with Crippen LogP contribution < -0.4 is 0 Å². The number of carbonyl (C=O) groups excluding carboxylic acids is 1. The Morgan fingerprint density at radius 2 is 1.81 bits per heavy atom. The summed E-state index contributed by atoms with van der Waals surface area (Å²) in [6.45, 7) is 18.5. The van der Waals surface area contributed by atoms with E-state index in [1.807, 2.05) is 32.0 Å². The third kappa shape index (κ3) is 4.52. The van der Waals surface area contributed by atoms with Crippen LogP contribution in [-0.2, 0) is 13.9 Å². The van der Waals surface area contributed by atoms with Gasteiger partial charge in [-0.1, -0.05) is 57.2 Å². The molecule has 0 radical (unpaired) electrons. The maximum atomic E-state index is 13.0. The fraction of sp³-hybridized carbons (Fsp3) is 0.571. The number of ketones is 1. The van der Waals surface area contributed by atoms with Gasteiger partial charge in [-0.15, -0.1) is 6.58 Å². The molecule has 0 aliphatic carbocycles. The summed E-state index contributed by atoms with van der Waals surface area (Å²) in [6.07, 6.45) is 0.0844. The topological polar surface area (TPSA) is 44.8 Å². The van der Waals surface area contributed by atoms with E-state index in [2.05, 4.69) is 40.4 Å². The Bertz CT molecular complexity index is 646. The number of ether oxygens (including phenoxy) is 2. The van der Waals surface area contributed by atoms with Crippen molar-refractivity contribution in [1.29, 1.82) is 0 Å². The van der Waals surface area contributed by atoms with E-state index < -0.39 is 32.4 Å². The second-order valence-electron chi connectivity index (χ2n) is 8.83. The average Bonchev–Trinajstić information content (AvgIpc) is 2.87. The molecule has 5 heteroatoms. The second-order valence-corrected chi connectivity index (χ2v) is 13.6. The van der Waals surface area contributed by atoms with Gasteiger partial charge in [0, 0.05) is 5.56 Å². The second kappa shape index (κ2) is 7.39. The summed E-state index contributed by atoms with van der Waals surface area (Å²) in [6, 6.07) is 9.18. The molecular formula is C21H32O4Si. The summed E-state index contributed by atoms with van der Waals surface area (Å²) in [4.78, 5) is 13.0.